The summed E-state index contributed by atoms with van der Waals surface area (Å²) in [5, 5.41) is 0. The largest absolute Gasteiger partial charge is 0.444 e. The van der Waals surface area contributed by atoms with E-state index in [-0.39, 0.29) is 17.6 Å². The van der Waals surface area contributed by atoms with E-state index in [9.17, 15) is 4.79 Å². The Labute approximate surface area is 120 Å². The standard InChI is InChI=1S/C15H23N3O2/c1-11(16)15(12-7-5-6-8-17-12)9-18(10-15)13(19)20-14(2,3)4/h5-8,11H,9-10,16H2,1-4H3/t11-/m0/s1. The predicted molar refractivity (Wildman–Crippen MR) is 77.4 cm³/mol. The molecular weight excluding hydrogens is 254 g/mol. The van der Waals surface area contributed by atoms with Crippen molar-refractivity contribution in [2.24, 2.45) is 5.73 Å². The van der Waals surface area contributed by atoms with Crippen molar-refractivity contribution in [1.82, 2.24) is 9.88 Å². The number of carbonyl (C=O) groups excluding carboxylic acids is 1. The molecule has 20 heavy (non-hydrogen) atoms. The molecule has 1 saturated heterocycles. The Morgan fingerprint density at radius 3 is 2.55 bits per heavy atom. The Morgan fingerprint density at radius 2 is 2.10 bits per heavy atom. The van der Waals surface area contributed by atoms with Gasteiger partial charge in [0, 0.05) is 25.3 Å². The number of hydrogen-bond donors (Lipinski definition) is 1. The number of amides is 1. The lowest BCUT2D eigenvalue weighted by Crippen LogP contribution is -2.68. The quantitative estimate of drug-likeness (QED) is 0.896. The molecule has 1 aromatic rings. The van der Waals surface area contributed by atoms with Crippen LogP contribution in [0.1, 0.15) is 33.4 Å². The van der Waals surface area contributed by atoms with Gasteiger partial charge in [0.15, 0.2) is 0 Å². The molecule has 1 aromatic heterocycles. The zero-order chi connectivity index (χ0) is 15.0. The molecule has 5 nitrogen and oxygen atoms in total. The Hall–Kier alpha value is -1.62. The second kappa shape index (κ2) is 5.05. The summed E-state index contributed by atoms with van der Waals surface area (Å²) in [5.41, 5.74) is 6.33. The highest BCUT2D eigenvalue weighted by Crippen LogP contribution is 2.36. The summed E-state index contributed by atoms with van der Waals surface area (Å²) in [6.45, 7) is 8.65. The summed E-state index contributed by atoms with van der Waals surface area (Å²) in [7, 11) is 0. The van der Waals surface area contributed by atoms with E-state index in [2.05, 4.69) is 4.98 Å². The molecule has 1 fully saturated rings. The van der Waals surface area contributed by atoms with Crippen molar-refractivity contribution in [2.75, 3.05) is 13.1 Å². The fraction of sp³-hybridized carbons (Fsp3) is 0.600. The lowest BCUT2D eigenvalue weighted by molar-refractivity contribution is -0.0151. The first-order valence-corrected chi connectivity index (χ1v) is 6.90. The molecule has 0 spiro atoms. The minimum Gasteiger partial charge on any atom is -0.444 e. The average molecular weight is 277 g/mol. The van der Waals surface area contributed by atoms with Crippen LogP contribution in [0.25, 0.3) is 0 Å². The monoisotopic (exact) mass is 277 g/mol. The molecule has 5 heteroatoms. The van der Waals surface area contributed by atoms with Crippen molar-refractivity contribution in [3.8, 4) is 0 Å². The van der Waals surface area contributed by atoms with Gasteiger partial charge >= 0.3 is 6.09 Å². The van der Waals surface area contributed by atoms with Gasteiger partial charge in [-0.15, -0.1) is 0 Å². The molecule has 0 unspecified atom stereocenters. The predicted octanol–water partition coefficient (Wildman–Crippen LogP) is 1.92. The number of pyridine rings is 1. The molecule has 2 rings (SSSR count). The van der Waals surface area contributed by atoms with Gasteiger partial charge in [0.1, 0.15) is 5.60 Å². The maximum atomic E-state index is 12.0. The van der Waals surface area contributed by atoms with E-state index >= 15 is 0 Å². The van der Waals surface area contributed by atoms with Gasteiger partial charge in [0.25, 0.3) is 0 Å². The lowest BCUT2D eigenvalue weighted by Gasteiger charge is -2.51. The summed E-state index contributed by atoms with van der Waals surface area (Å²) in [6.07, 6.45) is 1.47. The lowest BCUT2D eigenvalue weighted by atomic mass is 9.71. The van der Waals surface area contributed by atoms with Crippen molar-refractivity contribution in [2.45, 2.75) is 44.8 Å². The van der Waals surface area contributed by atoms with Gasteiger partial charge < -0.3 is 15.4 Å². The normalized spacial score (nSPS) is 19.1. The highest BCUT2D eigenvalue weighted by Gasteiger charge is 2.51. The third kappa shape index (κ3) is 2.77. The smallest absolute Gasteiger partial charge is 0.410 e. The number of carbonyl (C=O) groups is 1. The fourth-order valence-corrected chi connectivity index (χ4v) is 2.43. The summed E-state index contributed by atoms with van der Waals surface area (Å²) >= 11 is 0. The first kappa shape index (κ1) is 14.8. The van der Waals surface area contributed by atoms with Crippen LogP contribution in [0.4, 0.5) is 4.79 Å². The van der Waals surface area contributed by atoms with Gasteiger partial charge in [0.2, 0.25) is 0 Å². The fourth-order valence-electron chi connectivity index (χ4n) is 2.43. The van der Waals surface area contributed by atoms with Crippen LogP contribution >= 0.6 is 0 Å². The third-order valence-corrected chi connectivity index (χ3v) is 3.64. The summed E-state index contributed by atoms with van der Waals surface area (Å²) in [4.78, 5) is 18.1. The van der Waals surface area contributed by atoms with Gasteiger partial charge in [0.05, 0.1) is 11.1 Å². The molecule has 1 aliphatic heterocycles. The van der Waals surface area contributed by atoms with Crippen molar-refractivity contribution in [3.63, 3.8) is 0 Å². The van der Waals surface area contributed by atoms with E-state index in [0.29, 0.717) is 13.1 Å². The number of nitrogens with two attached hydrogens (primary N) is 1. The Bertz CT molecular complexity index is 474. The molecule has 2 N–H and O–H groups in total. The van der Waals surface area contributed by atoms with E-state index in [1.165, 1.54) is 0 Å². The molecule has 0 aromatic carbocycles. The maximum Gasteiger partial charge on any atom is 0.410 e. The first-order chi connectivity index (χ1) is 9.24. The van der Waals surface area contributed by atoms with Crippen molar-refractivity contribution in [3.05, 3.63) is 30.1 Å². The number of rotatable bonds is 2. The van der Waals surface area contributed by atoms with Crippen LogP contribution in [-0.4, -0.2) is 40.7 Å². The molecule has 0 saturated carbocycles. The topological polar surface area (TPSA) is 68.5 Å². The van der Waals surface area contributed by atoms with Gasteiger partial charge in [-0.1, -0.05) is 6.07 Å². The molecule has 0 bridgehead atoms. The number of aromatic nitrogens is 1. The maximum absolute atomic E-state index is 12.0. The van der Waals surface area contributed by atoms with E-state index in [1.54, 1.807) is 11.1 Å². The minimum absolute atomic E-state index is 0.0731. The second-order valence-corrected chi connectivity index (χ2v) is 6.50. The Balaban J connectivity index is 2.09. The summed E-state index contributed by atoms with van der Waals surface area (Å²) < 4.78 is 5.38. The molecule has 110 valence electrons. The Kier molecular flexibility index (Phi) is 3.73. The molecular formula is C15H23N3O2. The van der Waals surface area contributed by atoms with Crippen LogP contribution in [0, 0.1) is 0 Å². The first-order valence-electron chi connectivity index (χ1n) is 6.90. The molecule has 1 aliphatic rings. The highest BCUT2D eigenvalue weighted by atomic mass is 16.6. The van der Waals surface area contributed by atoms with Gasteiger partial charge in [-0.05, 0) is 39.8 Å². The highest BCUT2D eigenvalue weighted by molar-refractivity contribution is 5.70. The second-order valence-electron chi connectivity index (χ2n) is 6.50. The van der Waals surface area contributed by atoms with Crippen LogP contribution in [0.3, 0.4) is 0 Å². The summed E-state index contributed by atoms with van der Waals surface area (Å²) in [6, 6.07) is 5.72. The van der Waals surface area contributed by atoms with Crippen molar-refractivity contribution in [1.29, 1.82) is 0 Å². The third-order valence-electron chi connectivity index (χ3n) is 3.64. The van der Waals surface area contributed by atoms with E-state index in [1.807, 2.05) is 45.9 Å². The zero-order valence-corrected chi connectivity index (χ0v) is 12.6. The average Bonchev–Trinajstić information content (AvgIpc) is 2.26. The van der Waals surface area contributed by atoms with Crippen LogP contribution in [0.15, 0.2) is 24.4 Å². The molecule has 2 heterocycles. The minimum atomic E-state index is -0.478. The molecule has 1 amide bonds. The molecule has 0 radical (unpaired) electrons. The van der Waals surface area contributed by atoms with Gasteiger partial charge in [-0.25, -0.2) is 4.79 Å². The molecule has 1 atom stereocenters. The van der Waals surface area contributed by atoms with Crippen LogP contribution in [0.5, 0.6) is 0 Å². The zero-order valence-electron chi connectivity index (χ0n) is 12.6. The van der Waals surface area contributed by atoms with Gasteiger partial charge in [-0.3, -0.25) is 4.98 Å². The van der Waals surface area contributed by atoms with Crippen LogP contribution in [-0.2, 0) is 10.2 Å². The van der Waals surface area contributed by atoms with E-state index in [0.717, 1.165) is 5.69 Å². The summed E-state index contributed by atoms with van der Waals surface area (Å²) in [5.74, 6) is 0. The van der Waals surface area contributed by atoms with Crippen LogP contribution < -0.4 is 5.73 Å². The Morgan fingerprint density at radius 1 is 1.45 bits per heavy atom. The van der Waals surface area contributed by atoms with E-state index in [4.69, 9.17) is 10.5 Å². The van der Waals surface area contributed by atoms with Crippen molar-refractivity contribution < 1.29 is 9.53 Å². The number of hydrogen-bond acceptors (Lipinski definition) is 4. The number of nitrogens with zero attached hydrogens (tertiary/aromatic N) is 2. The van der Waals surface area contributed by atoms with Crippen molar-refractivity contribution >= 4 is 6.09 Å². The number of ether oxygens (including phenoxy) is 1. The van der Waals surface area contributed by atoms with Gasteiger partial charge in [-0.2, -0.15) is 0 Å². The van der Waals surface area contributed by atoms with Crippen LogP contribution in [0.2, 0.25) is 0 Å². The molecule has 0 aliphatic carbocycles. The SMILES string of the molecule is C[C@H](N)C1(c2ccccn2)CN(C(=O)OC(C)(C)C)C1. The number of likely N-dealkylation sites (tertiary alicyclic amines) is 1. The van der Waals surface area contributed by atoms with E-state index < -0.39 is 5.60 Å².